The number of hydrogen-bond acceptors (Lipinski definition) is 3. The van der Waals surface area contributed by atoms with Crippen molar-refractivity contribution in [3.8, 4) is 11.3 Å². The van der Waals surface area contributed by atoms with E-state index in [1.165, 1.54) is 18.3 Å². The lowest BCUT2D eigenvalue weighted by Gasteiger charge is -2.00. The number of hydrazone groups is 1. The maximum Gasteiger partial charge on any atom is 0.244 e. The fraction of sp³-hybridized carbons (Fsp3) is 0.100. The van der Waals surface area contributed by atoms with Gasteiger partial charge in [-0.1, -0.05) is 29.8 Å². The number of amides is 1. The van der Waals surface area contributed by atoms with Gasteiger partial charge in [-0.15, -0.1) is 0 Å². The van der Waals surface area contributed by atoms with Gasteiger partial charge in [-0.25, -0.2) is 9.82 Å². The standard InChI is InChI=1S/C20H17FN2O2/c1-14-2-4-15(5-3-14)12-20(24)23-22-13-18-10-11-19(25-18)16-6-8-17(21)9-7-16/h2-11,13H,12H2,1H3,(H,23,24)/b22-13-. The molecule has 126 valence electrons. The molecule has 3 rings (SSSR count). The molecule has 0 bridgehead atoms. The predicted octanol–water partition coefficient (Wildman–Crippen LogP) is 4.09. The van der Waals surface area contributed by atoms with Crippen molar-refractivity contribution in [2.24, 2.45) is 5.10 Å². The molecule has 0 radical (unpaired) electrons. The molecule has 0 saturated heterocycles. The summed E-state index contributed by atoms with van der Waals surface area (Å²) in [6.45, 7) is 2.00. The van der Waals surface area contributed by atoms with Crippen molar-refractivity contribution < 1.29 is 13.6 Å². The monoisotopic (exact) mass is 336 g/mol. The molecule has 0 spiro atoms. The Morgan fingerprint density at radius 1 is 1.08 bits per heavy atom. The maximum absolute atomic E-state index is 12.9. The number of nitrogens with one attached hydrogen (secondary N) is 1. The topological polar surface area (TPSA) is 54.6 Å². The van der Waals surface area contributed by atoms with Crippen LogP contribution in [-0.2, 0) is 11.2 Å². The zero-order valence-corrected chi connectivity index (χ0v) is 13.7. The summed E-state index contributed by atoms with van der Waals surface area (Å²) in [5.41, 5.74) is 5.32. The summed E-state index contributed by atoms with van der Waals surface area (Å²) in [6.07, 6.45) is 1.69. The smallest absolute Gasteiger partial charge is 0.244 e. The van der Waals surface area contributed by atoms with Crippen LogP contribution in [0.25, 0.3) is 11.3 Å². The fourth-order valence-electron chi connectivity index (χ4n) is 2.29. The summed E-state index contributed by atoms with van der Waals surface area (Å²) in [4.78, 5) is 11.9. The van der Waals surface area contributed by atoms with Crippen molar-refractivity contribution in [1.29, 1.82) is 0 Å². The third-order valence-corrected chi connectivity index (χ3v) is 3.62. The van der Waals surface area contributed by atoms with Crippen molar-refractivity contribution in [2.75, 3.05) is 0 Å². The van der Waals surface area contributed by atoms with Gasteiger partial charge in [0.05, 0.1) is 12.6 Å². The minimum absolute atomic E-state index is 0.203. The molecule has 0 aliphatic heterocycles. The van der Waals surface area contributed by atoms with Crippen molar-refractivity contribution in [3.63, 3.8) is 0 Å². The number of furan rings is 1. The van der Waals surface area contributed by atoms with Crippen LogP contribution in [0.3, 0.4) is 0 Å². The van der Waals surface area contributed by atoms with E-state index in [0.717, 1.165) is 16.7 Å². The van der Waals surface area contributed by atoms with Crippen LogP contribution >= 0.6 is 0 Å². The van der Waals surface area contributed by atoms with Gasteiger partial charge in [0.25, 0.3) is 0 Å². The second kappa shape index (κ2) is 7.57. The Hall–Kier alpha value is -3.21. The Bertz CT molecular complexity index is 881. The van der Waals surface area contributed by atoms with Gasteiger partial charge in [0.15, 0.2) is 0 Å². The minimum Gasteiger partial charge on any atom is -0.455 e. The Morgan fingerprint density at radius 3 is 2.52 bits per heavy atom. The van der Waals surface area contributed by atoms with Crippen molar-refractivity contribution in [1.82, 2.24) is 5.43 Å². The first-order valence-corrected chi connectivity index (χ1v) is 7.83. The van der Waals surface area contributed by atoms with E-state index in [1.54, 1.807) is 24.3 Å². The van der Waals surface area contributed by atoms with Gasteiger partial charge < -0.3 is 4.42 Å². The summed E-state index contributed by atoms with van der Waals surface area (Å²) in [7, 11) is 0. The van der Waals surface area contributed by atoms with Crippen LogP contribution in [0.4, 0.5) is 4.39 Å². The second-order valence-corrected chi connectivity index (χ2v) is 5.66. The molecule has 0 saturated carbocycles. The van der Waals surface area contributed by atoms with Crippen LogP contribution in [0, 0.1) is 12.7 Å². The number of rotatable bonds is 5. The van der Waals surface area contributed by atoms with Crippen LogP contribution in [0.5, 0.6) is 0 Å². The number of carbonyl (C=O) groups is 1. The highest BCUT2D eigenvalue weighted by Crippen LogP contribution is 2.21. The van der Waals surface area contributed by atoms with E-state index in [4.69, 9.17) is 4.42 Å². The van der Waals surface area contributed by atoms with E-state index in [9.17, 15) is 9.18 Å². The first kappa shape index (κ1) is 16.6. The molecule has 0 fully saturated rings. The number of hydrogen-bond donors (Lipinski definition) is 1. The molecule has 3 aromatic rings. The summed E-state index contributed by atoms with van der Waals surface area (Å²) in [6, 6.07) is 17.3. The molecular formula is C20H17FN2O2. The number of benzene rings is 2. The zero-order chi connectivity index (χ0) is 17.6. The zero-order valence-electron chi connectivity index (χ0n) is 13.7. The van der Waals surface area contributed by atoms with E-state index in [-0.39, 0.29) is 18.1 Å². The van der Waals surface area contributed by atoms with Crippen LogP contribution in [-0.4, -0.2) is 12.1 Å². The van der Waals surface area contributed by atoms with E-state index < -0.39 is 0 Å². The maximum atomic E-state index is 12.9. The van der Waals surface area contributed by atoms with E-state index >= 15 is 0 Å². The summed E-state index contributed by atoms with van der Waals surface area (Å²) < 4.78 is 18.5. The molecule has 1 aromatic heterocycles. The number of carbonyl (C=O) groups excluding carboxylic acids is 1. The van der Waals surface area contributed by atoms with Gasteiger partial charge in [0, 0.05) is 5.56 Å². The lowest BCUT2D eigenvalue weighted by atomic mass is 10.1. The number of aryl methyl sites for hydroxylation is 1. The third kappa shape index (κ3) is 4.64. The molecule has 1 N–H and O–H groups in total. The number of nitrogens with zero attached hydrogens (tertiary/aromatic N) is 1. The van der Waals surface area contributed by atoms with Crippen LogP contribution < -0.4 is 5.43 Å². The molecule has 0 aliphatic carbocycles. The van der Waals surface area contributed by atoms with Gasteiger partial charge in [-0.2, -0.15) is 5.10 Å². The highest BCUT2D eigenvalue weighted by Gasteiger charge is 2.04. The minimum atomic E-state index is -0.298. The lowest BCUT2D eigenvalue weighted by Crippen LogP contribution is -2.19. The van der Waals surface area contributed by atoms with Gasteiger partial charge in [-0.3, -0.25) is 4.79 Å². The first-order chi connectivity index (χ1) is 12.1. The summed E-state index contributed by atoms with van der Waals surface area (Å²) in [5, 5.41) is 3.90. The average Bonchev–Trinajstić information content (AvgIpc) is 3.06. The molecule has 4 nitrogen and oxygen atoms in total. The molecule has 1 amide bonds. The van der Waals surface area contributed by atoms with Crippen LogP contribution in [0.15, 0.2) is 70.2 Å². The van der Waals surface area contributed by atoms with E-state index in [0.29, 0.717) is 11.5 Å². The molecule has 0 aliphatic rings. The first-order valence-electron chi connectivity index (χ1n) is 7.83. The Labute approximate surface area is 145 Å². The Morgan fingerprint density at radius 2 is 1.80 bits per heavy atom. The van der Waals surface area contributed by atoms with Crippen LogP contribution in [0.2, 0.25) is 0 Å². The highest BCUT2D eigenvalue weighted by molar-refractivity contribution is 5.82. The summed E-state index contributed by atoms with van der Waals surface area (Å²) in [5.74, 6) is 0.598. The van der Waals surface area contributed by atoms with E-state index in [1.807, 2.05) is 31.2 Å². The predicted molar refractivity (Wildman–Crippen MR) is 94.7 cm³/mol. The molecule has 2 aromatic carbocycles. The highest BCUT2D eigenvalue weighted by atomic mass is 19.1. The Kier molecular flexibility index (Phi) is 5.04. The SMILES string of the molecule is Cc1ccc(CC(=O)N/N=C\c2ccc(-c3ccc(F)cc3)o2)cc1. The third-order valence-electron chi connectivity index (χ3n) is 3.62. The Balaban J connectivity index is 1.56. The number of halogens is 1. The van der Waals surface area contributed by atoms with E-state index in [2.05, 4.69) is 10.5 Å². The van der Waals surface area contributed by atoms with Crippen molar-refractivity contribution >= 4 is 12.1 Å². The molecule has 25 heavy (non-hydrogen) atoms. The van der Waals surface area contributed by atoms with Gasteiger partial charge >= 0.3 is 0 Å². The fourth-order valence-corrected chi connectivity index (χ4v) is 2.29. The molecule has 1 heterocycles. The normalized spacial score (nSPS) is 11.0. The molecule has 0 unspecified atom stereocenters. The summed E-state index contributed by atoms with van der Waals surface area (Å²) >= 11 is 0. The lowest BCUT2D eigenvalue weighted by molar-refractivity contribution is -0.120. The van der Waals surface area contributed by atoms with Gasteiger partial charge in [0.2, 0.25) is 5.91 Å². The molecule has 0 atom stereocenters. The molecule has 5 heteroatoms. The van der Waals surface area contributed by atoms with Gasteiger partial charge in [0.1, 0.15) is 17.3 Å². The van der Waals surface area contributed by atoms with Gasteiger partial charge in [-0.05, 0) is 48.9 Å². The van der Waals surface area contributed by atoms with Crippen LogP contribution in [0.1, 0.15) is 16.9 Å². The quantitative estimate of drug-likeness (QED) is 0.564. The van der Waals surface area contributed by atoms with Crippen molar-refractivity contribution in [3.05, 3.63) is 83.4 Å². The second-order valence-electron chi connectivity index (χ2n) is 5.66. The van der Waals surface area contributed by atoms with Crippen molar-refractivity contribution in [2.45, 2.75) is 13.3 Å². The molecular weight excluding hydrogens is 319 g/mol. The average molecular weight is 336 g/mol. The largest absolute Gasteiger partial charge is 0.455 e.